The summed E-state index contributed by atoms with van der Waals surface area (Å²) in [7, 11) is 1.62. The van der Waals surface area contributed by atoms with Crippen LogP contribution in [0.25, 0.3) is 0 Å². The van der Waals surface area contributed by atoms with Crippen molar-refractivity contribution in [2.75, 3.05) is 13.7 Å². The Hall–Kier alpha value is -1.91. The van der Waals surface area contributed by atoms with Crippen LogP contribution < -0.4 is 10.1 Å². The molecule has 3 nitrogen and oxygen atoms in total. The molecule has 0 aromatic heterocycles. The summed E-state index contributed by atoms with van der Waals surface area (Å²) in [5.74, 6) is 0.405. The Balaban J connectivity index is 1.88. The summed E-state index contributed by atoms with van der Waals surface area (Å²) in [6.07, 6.45) is -0.859. The van der Waals surface area contributed by atoms with E-state index < -0.39 is 6.10 Å². The molecule has 4 heteroatoms. The van der Waals surface area contributed by atoms with Crippen LogP contribution in [0, 0.1) is 5.82 Å². The highest BCUT2D eigenvalue weighted by molar-refractivity contribution is 5.28. The summed E-state index contributed by atoms with van der Waals surface area (Å²) in [4.78, 5) is 0. The van der Waals surface area contributed by atoms with Gasteiger partial charge in [-0.2, -0.15) is 0 Å². The highest BCUT2D eigenvalue weighted by Crippen LogP contribution is 2.16. The lowest BCUT2D eigenvalue weighted by atomic mass is 10.1. The van der Waals surface area contributed by atoms with Gasteiger partial charge in [0.25, 0.3) is 0 Å². The van der Waals surface area contributed by atoms with Crippen molar-refractivity contribution in [1.82, 2.24) is 5.32 Å². The van der Waals surface area contributed by atoms with Crippen LogP contribution in [0.4, 0.5) is 4.39 Å². The lowest BCUT2D eigenvalue weighted by molar-refractivity contribution is 0.169. The third-order valence-corrected chi connectivity index (χ3v) is 3.07. The van der Waals surface area contributed by atoms with Gasteiger partial charge in [0.15, 0.2) is 0 Å². The number of aliphatic hydroxyl groups excluding tert-OH is 1. The molecule has 0 fully saturated rings. The number of aliphatic hydroxyl groups is 1. The summed E-state index contributed by atoms with van der Waals surface area (Å²) in [5.41, 5.74) is 1.36. The minimum atomic E-state index is -0.859. The number of hydrogen-bond donors (Lipinski definition) is 2. The summed E-state index contributed by atoms with van der Waals surface area (Å²) >= 11 is 0. The van der Waals surface area contributed by atoms with Crippen molar-refractivity contribution in [1.29, 1.82) is 0 Å². The topological polar surface area (TPSA) is 41.5 Å². The maximum absolute atomic E-state index is 13.5. The third-order valence-electron chi connectivity index (χ3n) is 3.07. The molecule has 2 rings (SSSR count). The molecule has 0 radical (unpaired) electrons. The SMILES string of the molecule is COc1cccc(CNCC(O)c2ccccc2F)c1. The minimum Gasteiger partial charge on any atom is -0.497 e. The smallest absolute Gasteiger partial charge is 0.129 e. The van der Waals surface area contributed by atoms with Crippen LogP contribution in [0.2, 0.25) is 0 Å². The molecule has 106 valence electrons. The molecule has 20 heavy (non-hydrogen) atoms. The van der Waals surface area contributed by atoms with Gasteiger partial charge in [0.2, 0.25) is 0 Å². The molecule has 1 atom stereocenters. The first-order chi connectivity index (χ1) is 9.70. The van der Waals surface area contributed by atoms with Crippen LogP contribution in [-0.2, 0) is 6.54 Å². The summed E-state index contributed by atoms with van der Waals surface area (Å²) in [6, 6.07) is 13.9. The molecule has 0 heterocycles. The molecule has 1 unspecified atom stereocenters. The van der Waals surface area contributed by atoms with Crippen LogP contribution in [0.5, 0.6) is 5.75 Å². The number of ether oxygens (including phenoxy) is 1. The second kappa shape index (κ2) is 7.03. The van der Waals surface area contributed by atoms with Gasteiger partial charge in [0.05, 0.1) is 13.2 Å². The Morgan fingerprint density at radius 2 is 2.00 bits per heavy atom. The first-order valence-corrected chi connectivity index (χ1v) is 6.47. The normalized spacial score (nSPS) is 12.2. The third kappa shape index (κ3) is 3.79. The molecular weight excluding hydrogens is 257 g/mol. The van der Waals surface area contributed by atoms with Crippen molar-refractivity contribution in [2.45, 2.75) is 12.6 Å². The van der Waals surface area contributed by atoms with E-state index in [4.69, 9.17) is 4.74 Å². The van der Waals surface area contributed by atoms with Crippen LogP contribution in [-0.4, -0.2) is 18.8 Å². The van der Waals surface area contributed by atoms with Gasteiger partial charge in [0, 0.05) is 18.7 Å². The maximum Gasteiger partial charge on any atom is 0.129 e. The number of hydrogen-bond acceptors (Lipinski definition) is 3. The molecule has 0 spiro atoms. The second-order valence-electron chi connectivity index (χ2n) is 4.52. The van der Waals surface area contributed by atoms with E-state index in [-0.39, 0.29) is 12.4 Å². The summed E-state index contributed by atoms with van der Waals surface area (Å²) in [5, 5.41) is 13.1. The van der Waals surface area contributed by atoms with Crippen molar-refractivity contribution < 1.29 is 14.2 Å². The first kappa shape index (κ1) is 14.5. The van der Waals surface area contributed by atoms with E-state index in [2.05, 4.69) is 5.32 Å². The number of nitrogens with one attached hydrogen (secondary N) is 1. The fourth-order valence-corrected chi connectivity index (χ4v) is 1.99. The number of halogens is 1. The quantitative estimate of drug-likeness (QED) is 0.851. The molecule has 2 aromatic rings. The molecule has 2 aromatic carbocycles. The Bertz CT molecular complexity index is 560. The molecule has 0 aliphatic rings. The average molecular weight is 275 g/mol. The van der Waals surface area contributed by atoms with E-state index >= 15 is 0 Å². The Labute approximate surface area is 118 Å². The van der Waals surface area contributed by atoms with Crippen LogP contribution in [0.15, 0.2) is 48.5 Å². The molecule has 0 aliphatic carbocycles. The molecular formula is C16H18FNO2. The Morgan fingerprint density at radius 1 is 1.20 bits per heavy atom. The number of methoxy groups -OCH3 is 1. The minimum absolute atomic E-state index is 0.290. The van der Waals surface area contributed by atoms with Gasteiger partial charge in [-0.15, -0.1) is 0 Å². The van der Waals surface area contributed by atoms with Crippen molar-refractivity contribution in [2.24, 2.45) is 0 Å². The zero-order valence-corrected chi connectivity index (χ0v) is 11.3. The molecule has 0 bridgehead atoms. The number of rotatable bonds is 6. The Kier molecular flexibility index (Phi) is 5.09. The van der Waals surface area contributed by atoms with E-state index in [1.807, 2.05) is 24.3 Å². The van der Waals surface area contributed by atoms with E-state index in [1.165, 1.54) is 6.07 Å². The van der Waals surface area contributed by atoms with Gasteiger partial charge >= 0.3 is 0 Å². The van der Waals surface area contributed by atoms with Crippen molar-refractivity contribution in [3.8, 4) is 5.75 Å². The van der Waals surface area contributed by atoms with Gasteiger partial charge in [0.1, 0.15) is 11.6 Å². The largest absolute Gasteiger partial charge is 0.497 e. The van der Waals surface area contributed by atoms with E-state index in [0.29, 0.717) is 12.1 Å². The highest BCUT2D eigenvalue weighted by atomic mass is 19.1. The van der Waals surface area contributed by atoms with E-state index in [9.17, 15) is 9.50 Å². The van der Waals surface area contributed by atoms with Crippen molar-refractivity contribution in [3.63, 3.8) is 0 Å². The highest BCUT2D eigenvalue weighted by Gasteiger charge is 2.11. The second-order valence-corrected chi connectivity index (χ2v) is 4.52. The molecule has 0 saturated heterocycles. The average Bonchev–Trinajstić information content (AvgIpc) is 2.48. The van der Waals surface area contributed by atoms with Crippen LogP contribution in [0.1, 0.15) is 17.2 Å². The summed E-state index contributed by atoms with van der Waals surface area (Å²) < 4.78 is 18.6. The fraction of sp³-hybridized carbons (Fsp3) is 0.250. The molecule has 0 aliphatic heterocycles. The van der Waals surface area contributed by atoms with Gasteiger partial charge < -0.3 is 15.2 Å². The predicted molar refractivity (Wildman–Crippen MR) is 76.1 cm³/mol. The zero-order chi connectivity index (χ0) is 14.4. The van der Waals surface area contributed by atoms with Crippen molar-refractivity contribution >= 4 is 0 Å². The Morgan fingerprint density at radius 3 is 2.75 bits per heavy atom. The molecule has 0 amide bonds. The van der Waals surface area contributed by atoms with E-state index in [1.54, 1.807) is 25.3 Å². The van der Waals surface area contributed by atoms with Crippen LogP contribution >= 0.6 is 0 Å². The van der Waals surface area contributed by atoms with Crippen molar-refractivity contribution in [3.05, 3.63) is 65.5 Å². The zero-order valence-electron chi connectivity index (χ0n) is 11.3. The van der Waals surface area contributed by atoms with Crippen LogP contribution in [0.3, 0.4) is 0 Å². The lowest BCUT2D eigenvalue weighted by Crippen LogP contribution is -2.21. The first-order valence-electron chi connectivity index (χ1n) is 6.47. The lowest BCUT2D eigenvalue weighted by Gasteiger charge is -2.13. The maximum atomic E-state index is 13.5. The fourth-order valence-electron chi connectivity index (χ4n) is 1.99. The van der Waals surface area contributed by atoms with E-state index in [0.717, 1.165) is 11.3 Å². The monoisotopic (exact) mass is 275 g/mol. The molecule has 2 N–H and O–H groups in total. The summed E-state index contributed by atoms with van der Waals surface area (Å²) in [6.45, 7) is 0.876. The van der Waals surface area contributed by atoms with Gasteiger partial charge in [-0.3, -0.25) is 0 Å². The number of benzene rings is 2. The molecule has 0 saturated carbocycles. The predicted octanol–water partition coefficient (Wildman–Crippen LogP) is 2.66. The van der Waals surface area contributed by atoms with Gasteiger partial charge in [-0.05, 0) is 23.8 Å². The van der Waals surface area contributed by atoms with Gasteiger partial charge in [-0.1, -0.05) is 30.3 Å². The standard InChI is InChI=1S/C16H18FNO2/c1-20-13-6-4-5-12(9-13)10-18-11-16(19)14-7-2-3-8-15(14)17/h2-9,16,18-19H,10-11H2,1H3. The van der Waals surface area contributed by atoms with Gasteiger partial charge in [-0.25, -0.2) is 4.39 Å².